The van der Waals surface area contributed by atoms with Crippen LogP contribution in [0.15, 0.2) is 33.9 Å². The topological polar surface area (TPSA) is 68.0 Å². The Labute approximate surface area is 125 Å². The number of aromatic nitrogens is 2. The highest BCUT2D eigenvalue weighted by atomic mass is 35.5. The van der Waals surface area contributed by atoms with Crippen LogP contribution in [0.3, 0.4) is 0 Å². The van der Waals surface area contributed by atoms with Crippen LogP contribution in [0.25, 0.3) is 0 Å². The van der Waals surface area contributed by atoms with Crippen molar-refractivity contribution in [3.8, 4) is 0 Å². The predicted molar refractivity (Wildman–Crippen MR) is 70.1 cm³/mol. The number of carbonyl (C=O) groups is 1. The van der Waals surface area contributed by atoms with Gasteiger partial charge in [-0.25, -0.2) is 0 Å². The van der Waals surface area contributed by atoms with Crippen molar-refractivity contribution in [3.05, 3.63) is 35.2 Å². The first-order chi connectivity index (χ1) is 9.84. The maximum atomic E-state index is 12.2. The highest BCUT2D eigenvalue weighted by Gasteiger charge is 2.38. The first-order valence-electron chi connectivity index (χ1n) is 5.43. The number of nitrogens with zero attached hydrogens (tertiary/aromatic N) is 2. The summed E-state index contributed by atoms with van der Waals surface area (Å²) in [5, 5.41) is 8.79. The predicted octanol–water partition coefficient (Wildman–Crippen LogP) is 3.47. The molecule has 2 rings (SSSR count). The molecule has 0 saturated heterocycles. The van der Waals surface area contributed by atoms with Crippen LogP contribution in [0, 0.1) is 0 Å². The Balaban J connectivity index is 1.86. The molecular weight excluding hydrogens is 331 g/mol. The number of carbonyl (C=O) groups excluding carboxylic acids is 1. The average molecular weight is 338 g/mol. The van der Waals surface area contributed by atoms with Gasteiger partial charge in [-0.3, -0.25) is 4.79 Å². The molecule has 0 bridgehead atoms. The van der Waals surface area contributed by atoms with E-state index >= 15 is 0 Å². The van der Waals surface area contributed by atoms with Crippen molar-refractivity contribution in [1.29, 1.82) is 0 Å². The van der Waals surface area contributed by atoms with Crippen LogP contribution in [0.5, 0.6) is 0 Å². The van der Waals surface area contributed by atoms with E-state index in [4.69, 9.17) is 11.6 Å². The van der Waals surface area contributed by atoms with Gasteiger partial charge in [0, 0.05) is 10.7 Å². The third-order valence-corrected chi connectivity index (χ3v) is 3.17. The number of benzene rings is 1. The van der Waals surface area contributed by atoms with E-state index < -0.39 is 18.0 Å². The van der Waals surface area contributed by atoms with Crippen molar-refractivity contribution in [2.75, 3.05) is 11.1 Å². The first kappa shape index (κ1) is 15.6. The SMILES string of the molecule is O=C(CSc1nnc(C(F)(F)F)o1)Nc1ccc(Cl)cc1. The van der Waals surface area contributed by atoms with Crippen LogP contribution in [0.2, 0.25) is 5.02 Å². The van der Waals surface area contributed by atoms with Gasteiger partial charge in [0.1, 0.15) is 0 Å². The third-order valence-electron chi connectivity index (χ3n) is 2.10. The highest BCUT2D eigenvalue weighted by Crippen LogP contribution is 2.29. The molecule has 0 unspecified atom stereocenters. The molecule has 0 aliphatic heterocycles. The zero-order valence-corrected chi connectivity index (χ0v) is 11.7. The van der Waals surface area contributed by atoms with E-state index in [0.29, 0.717) is 22.5 Å². The Kier molecular flexibility index (Phi) is 4.73. The second-order valence-electron chi connectivity index (χ2n) is 3.71. The van der Waals surface area contributed by atoms with Gasteiger partial charge in [0.05, 0.1) is 5.75 Å². The summed E-state index contributed by atoms with van der Waals surface area (Å²) in [6.07, 6.45) is -4.70. The number of amides is 1. The fraction of sp³-hybridized carbons (Fsp3) is 0.182. The molecule has 0 fully saturated rings. The summed E-state index contributed by atoms with van der Waals surface area (Å²) in [5.41, 5.74) is 0.520. The number of halogens is 4. The molecule has 0 aliphatic carbocycles. The Morgan fingerprint density at radius 3 is 2.52 bits per heavy atom. The minimum absolute atomic E-state index is 0.165. The van der Waals surface area contributed by atoms with E-state index in [1.165, 1.54) is 0 Å². The van der Waals surface area contributed by atoms with Crippen molar-refractivity contribution in [3.63, 3.8) is 0 Å². The smallest absolute Gasteiger partial charge is 0.408 e. The normalized spacial score (nSPS) is 11.4. The maximum Gasteiger partial charge on any atom is 0.470 e. The molecular formula is C11H7ClF3N3O2S. The summed E-state index contributed by atoms with van der Waals surface area (Å²) in [5.74, 6) is -2.03. The van der Waals surface area contributed by atoms with Gasteiger partial charge in [0.25, 0.3) is 5.22 Å². The molecule has 10 heteroatoms. The fourth-order valence-corrected chi connectivity index (χ4v) is 1.93. The number of alkyl halides is 3. The van der Waals surface area contributed by atoms with E-state index in [1.54, 1.807) is 24.3 Å². The monoisotopic (exact) mass is 337 g/mol. The summed E-state index contributed by atoms with van der Waals surface area (Å²) in [6.45, 7) is 0. The van der Waals surface area contributed by atoms with Gasteiger partial charge in [-0.1, -0.05) is 23.4 Å². The lowest BCUT2D eigenvalue weighted by molar-refractivity contribution is -0.158. The first-order valence-corrected chi connectivity index (χ1v) is 6.80. The summed E-state index contributed by atoms with van der Waals surface area (Å²) >= 11 is 6.40. The summed E-state index contributed by atoms with van der Waals surface area (Å²) in [6, 6.07) is 6.38. The molecule has 5 nitrogen and oxygen atoms in total. The number of thioether (sulfide) groups is 1. The van der Waals surface area contributed by atoms with Crippen LogP contribution in [-0.2, 0) is 11.0 Å². The molecule has 0 spiro atoms. The van der Waals surface area contributed by atoms with Crippen LogP contribution < -0.4 is 5.32 Å². The van der Waals surface area contributed by atoms with Gasteiger partial charge < -0.3 is 9.73 Å². The molecule has 1 aromatic heterocycles. The van der Waals surface area contributed by atoms with E-state index in [-0.39, 0.29) is 11.0 Å². The van der Waals surface area contributed by atoms with Crippen LogP contribution >= 0.6 is 23.4 Å². The van der Waals surface area contributed by atoms with Crippen LogP contribution in [0.4, 0.5) is 18.9 Å². The van der Waals surface area contributed by atoms with E-state index in [9.17, 15) is 18.0 Å². The summed E-state index contributed by atoms with van der Waals surface area (Å²) < 4.78 is 41.1. The quantitative estimate of drug-likeness (QED) is 0.865. The maximum absolute atomic E-state index is 12.2. The molecule has 1 heterocycles. The largest absolute Gasteiger partial charge is 0.470 e. The molecule has 1 aromatic carbocycles. The molecule has 0 aliphatic rings. The summed E-state index contributed by atoms with van der Waals surface area (Å²) in [4.78, 5) is 11.6. The van der Waals surface area contributed by atoms with Crippen molar-refractivity contribution >= 4 is 35.0 Å². The van der Waals surface area contributed by atoms with Gasteiger partial charge in [-0.15, -0.1) is 10.2 Å². The lowest BCUT2D eigenvalue weighted by atomic mass is 10.3. The number of anilines is 1. The van der Waals surface area contributed by atoms with Gasteiger partial charge >= 0.3 is 12.1 Å². The molecule has 2 aromatic rings. The molecule has 0 saturated carbocycles. The molecule has 0 radical (unpaired) electrons. The lowest BCUT2D eigenvalue weighted by Gasteiger charge is -2.03. The number of hydrogen-bond acceptors (Lipinski definition) is 5. The van der Waals surface area contributed by atoms with Gasteiger partial charge in [0.15, 0.2) is 0 Å². The highest BCUT2D eigenvalue weighted by molar-refractivity contribution is 7.99. The molecule has 0 atom stereocenters. The van der Waals surface area contributed by atoms with E-state index in [1.807, 2.05) is 0 Å². The molecule has 112 valence electrons. The standard InChI is InChI=1S/C11H7ClF3N3O2S/c12-6-1-3-7(4-2-6)16-8(19)5-21-10-18-17-9(20-10)11(13,14)15/h1-4H,5H2,(H,16,19). The lowest BCUT2D eigenvalue weighted by Crippen LogP contribution is -2.13. The van der Waals surface area contributed by atoms with Crippen LogP contribution in [-0.4, -0.2) is 21.9 Å². The zero-order valence-electron chi connectivity index (χ0n) is 10.1. The van der Waals surface area contributed by atoms with E-state index in [2.05, 4.69) is 19.9 Å². The van der Waals surface area contributed by atoms with E-state index in [0.717, 1.165) is 0 Å². The third kappa shape index (κ3) is 4.64. The van der Waals surface area contributed by atoms with Crippen molar-refractivity contribution in [2.24, 2.45) is 0 Å². The van der Waals surface area contributed by atoms with Crippen LogP contribution in [0.1, 0.15) is 5.89 Å². The van der Waals surface area contributed by atoms with Crippen molar-refractivity contribution in [1.82, 2.24) is 10.2 Å². The van der Waals surface area contributed by atoms with Gasteiger partial charge in [-0.05, 0) is 24.3 Å². The number of nitrogens with one attached hydrogen (secondary N) is 1. The second kappa shape index (κ2) is 6.35. The molecule has 21 heavy (non-hydrogen) atoms. The van der Waals surface area contributed by atoms with Crippen molar-refractivity contribution in [2.45, 2.75) is 11.4 Å². The minimum atomic E-state index is -4.70. The Hall–Kier alpha value is -1.74. The van der Waals surface area contributed by atoms with Gasteiger partial charge in [-0.2, -0.15) is 13.2 Å². The summed E-state index contributed by atoms with van der Waals surface area (Å²) in [7, 11) is 0. The fourth-order valence-electron chi connectivity index (χ4n) is 1.24. The Morgan fingerprint density at radius 1 is 1.29 bits per heavy atom. The average Bonchev–Trinajstić information content (AvgIpc) is 2.88. The Bertz CT molecular complexity index is 630. The minimum Gasteiger partial charge on any atom is -0.408 e. The van der Waals surface area contributed by atoms with Crippen molar-refractivity contribution < 1.29 is 22.4 Å². The van der Waals surface area contributed by atoms with Gasteiger partial charge in [0.2, 0.25) is 5.91 Å². The Morgan fingerprint density at radius 2 is 1.95 bits per heavy atom. The number of hydrogen-bond donors (Lipinski definition) is 1. The number of rotatable bonds is 4. The molecule has 1 amide bonds. The zero-order chi connectivity index (χ0) is 15.5. The second-order valence-corrected chi connectivity index (χ2v) is 5.08. The molecule has 1 N–H and O–H groups in total.